The quantitative estimate of drug-likeness (QED) is 0.347. The number of rotatable bonds is 5. The van der Waals surface area contributed by atoms with Gasteiger partial charge in [0.05, 0.1) is 21.5 Å². The number of thiophene rings is 1. The molecule has 0 bridgehead atoms. The van der Waals surface area contributed by atoms with Gasteiger partial charge in [-0.05, 0) is 44.5 Å². The van der Waals surface area contributed by atoms with Gasteiger partial charge in [-0.25, -0.2) is 14.8 Å². The van der Waals surface area contributed by atoms with Gasteiger partial charge in [0.25, 0.3) is 0 Å². The normalized spacial score (nSPS) is 12.7. The van der Waals surface area contributed by atoms with E-state index in [-0.39, 0.29) is 15.6 Å². The van der Waals surface area contributed by atoms with Crippen LogP contribution >= 0.6 is 34.7 Å². The van der Waals surface area contributed by atoms with Crippen LogP contribution < -0.4 is 5.32 Å². The Bertz CT molecular complexity index is 1200. The number of thioether (sulfide) groups is 1. The van der Waals surface area contributed by atoms with Gasteiger partial charge in [-0.3, -0.25) is 4.79 Å². The van der Waals surface area contributed by atoms with Gasteiger partial charge in [0, 0.05) is 5.39 Å². The van der Waals surface area contributed by atoms with Crippen LogP contribution in [-0.4, -0.2) is 32.2 Å². The summed E-state index contributed by atoms with van der Waals surface area (Å²) < 4.78 is 38.9. The third-order valence-corrected chi connectivity index (χ3v) is 6.86. The van der Waals surface area contributed by atoms with Crippen molar-refractivity contribution in [1.29, 1.82) is 0 Å². The molecule has 0 saturated carbocycles. The number of carbonyl (C=O) groups is 2. The van der Waals surface area contributed by atoms with Gasteiger partial charge in [0.15, 0.2) is 0 Å². The van der Waals surface area contributed by atoms with Crippen molar-refractivity contribution in [1.82, 2.24) is 9.97 Å². The van der Waals surface area contributed by atoms with E-state index in [1.165, 1.54) is 0 Å². The Morgan fingerprint density at radius 2 is 1.94 bits per heavy atom. The van der Waals surface area contributed by atoms with E-state index < -0.39 is 28.9 Å². The first kappa shape index (κ1) is 23.3. The standard InChI is InChI=1S/C19H15ClF3N3O3S2/c1-7-13-16(24-9(3)25-17(13)31-14(7)18(28)29)30-8(2)15(27)26-12-6-10(19(21,22)23)4-5-11(12)20/h4-6,8H,1-3H3,(H,26,27)(H,28,29)/t8-/m1/s1. The van der Waals surface area contributed by atoms with E-state index in [1.807, 2.05) is 0 Å². The van der Waals surface area contributed by atoms with Crippen LogP contribution in [0.25, 0.3) is 10.2 Å². The number of carboxylic acid groups (broad SMARTS) is 1. The molecule has 0 fully saturated rings. The largest absolute Gasteiger partial charge is 0.477 e. The topological polar surface area (TPSA) is 92.2 Å². The Labute approximate surface area is 187 Å². The van der Waals surface area contributed by atoms with Gasteiger partial charge >= 0.3 is 12.1 Å². The van der Waals surface area contributed by atoms with Crippen molar-refractivity contribution in [2.45, 2.75) is 37.2 Å². The maximum absolute atomic E-state index is 13.0. The lowest BCUT2D eigenvalue weighted by Gasteiger charge is -2.15. The fourth-order valence-electron chi connectivity index (χ4n) is 2.75. The lowest BCUT2D eigenvalue weighted by Crippen LogP contribution is -2.23. The SMILES string of the molecule is Cc1nc(S[C@H](C)C(=O)Nc2cc(C(F)(F)F)ccc2Cl)c2c(C)c(C(=O)O)sc2n1. The third kappa shape index (κ3) is 4.94. The number of amides is 1. The van der Waals surface area contributed by atoms with Crippen LogP contribution in [0.2, 0.25) is 5.02 Å². The molecule has 2 heterocycles. The smallest absolute Gasteiger partial charge is 0.416 e. The summed E-state index contributed by atoms with van der Waals surface area (Å²) in [4.78, 5) is 33.3. The molecular formula is C19H15ClF3N3O3S2. The number of hydrogen-bond acceptors (Lipinski definition) is 6. The first-order valence-electron chi connectivity index (χ1n) is 8.73. The molecule has 1 amide bonds. The molecular weight excluding hydrogens is 475 g/mol. The zero-order valence-electron chi connectivity index (χ0n) is 16.3. The molecule has 2 aromatic heterocycles. The van der Waals surface area contributed by atoms with Crippen LogP contribution in [0.3, 0.4) is 0 Å². The van der Waals surface area contributed by atoms with Crippen molar-refractivity contribution in [3.8, 4) is 0 Å². The molecule has 0 unspecified atom stereocenters. The number of benzene rings is 1. The third-order valence-electron chi connectivity index (χ3n) is 4.27. The van der Waals surface area contributed by atoms with Crippen molar-refractivity contribution in [3.05, 3.63) is 45.1 Å². The number of nitrogens with zero attached hydrogens (tertiary/aromatic N) is 2. The van der Waals surface area contributed by atoms with E-state index in [0.717, 1.165) is 41.3 Å². The van der Waals surface area contributed by atoms with Gasteiger partial charge in [0.2, 0.25) is 5.91 Å². The minimum Gasteiger partial charge on any atom is -0.477 e. The zero-order chi connectivity index (χ0) is 23.1. The maximum Gasteiger partial charge on any atom is 0.416 e. The van der Waals surface area contributed by atoms with E-state index in [9.17, 15) is 27.9 Å². The number of fused-ring (bicyclic) bond motifs is 1. The molecule has 1 aromatic carbocycles. The molecule has 1 atom stereocenters. The van der Waals surface area contributed by atoms with Gasteiger partial charge in [-0.1, -0.05) is 23.4 Å². The molecule has 0 aliphatic heterocycles. The maximum atomic E-state index is 13.0. The molecule has 31 heavy (non-hydrogen) atoms. The van der Waals surface area contributed by atoms with Crippen LogP contribution in [0.1, 0.15) is 33.5 Å². The Morgan fingerprint density at radius 3 is 2.55 bits per heavy atom. The molecule has 0 radical (unpaired) electrons. The number of aromatic nitrogens is 2. The van der Waals surface area contributed by atoms with Crippen LogP contribution in [0, 0.1) is 13.8 Å². The summed E-state index contributed by atoms with van der Waals surface area (Å²) in [5.41, 5.74) is -0.600. The second-order valence-electron chi connectivity index (χ2n) is 6.56. The van der Waals surface area contributed by atoms with E-state index >= 15 is 0 Å². The molecule has 2 N–H and O–H groups in total. The predicted molar refractivity (Wildman–Crippen MR) is 114 cm³/mol. The van der Waals surface area contributed by atoms with E-state index in [4.69, 9.17) is 11.6 Å². The predicted octanol–water partition coefficient (Wildman–Crippen LogP) is 5.80. The fraction of sp³-hybridized carbons (Fsp3) is 0.263. The average Bonchev–Trinajstić information content (AvgIpc) is 2.99. The summed E-state index contributed by atoms with van der Waals surface area (Å²) in [5.74, 6) is -1.26. The molecule has 3 aromatic rings. The summed E-state index contributed by atoms with van der Waals surface area (Å²) in [6.07, 6.45) is -4.58. The number of aromatic carboxylic acids is 1. The summed E-state index contributed by atoms with van der Waals surface area (Å²) in [6.45, 7) is 4.84. The van der Waals surface area contributed by atoms with Crippen molar-refractivity contribution in [3.63, 3.8) is 0 Å². The number of carboxylic acids is 1. The Hall–Kier alpha value is -2.37. The van der Waals surface area contributed by atoms with Gasteiger partial charge in [-0.2, -0.15) is 13.2 Å². The van der Waals surface area contributed by atoms with Gasteiger partial charge in [-0.15, -0.1) is 11.3 Å². The average molecular weight is 490 g/mol. The first-order valence-corrected chi connectivity index (χ1v) is 10.8. The number of halogens is 4. The molecule has 6 nitrogen and oxygen atoms in total. The van der Waals surface area contributed by atoms with E-state index in [0.29, 0.717) is 26.6 Å². The lowest BCUT2D eigenvalue weighted by atomic mass is 10.2. The minimum atomic E-state index is -4.58. The number of anilines is 1. The van der Waals surface area contributed by atoms with Gasteiger partial charge < -0.3 is 10.4 Å². The highest BCUT2D eigenvalue weighted by Gasteiger charge is 2.31. The number of aryl methyl sites for hydroxylation is 2. The molecule has 0 aliphatic carbocycles. The lowest BCUT2D eigenvalue weighted by molar-refractivity contribution is -0.137. The second kappa shape index (κ2) is 8.64. The number of carbonyl (C=O) groups excluding carboxylic acids is 1. The number of nitrogens with one attached hydrogen (secondary N) is 1. The monoisotopic (exact) mass is 489 g/mol. The molecule has 164 valence electrons. The van der Waals surface area contributed by atoms with Gasteiger partial charge in [0.1, 0.15) is 20.6 Å². The van der Waals surface area contributed by atoms with E-state index in [2.05, 4.69) is 15.3 Å². The highest BCUT2D eigenvalue weighted by atomic mass is 35.5. The number of hydrogen-bond donors (Lipinski definition) is 2. The van der Waals surface area contributed by atoms with Crippen LogP contribution in [0.4, 0.5) is 18.9 Å². The molecule has 0 aliphatic rings. The van der Waals surface area contributed by atoms with Crippen LogP contribution in [-0.2, 0) is 11.0 Å². The molecule has 3 rings (SSSR count). The summed E-state index contributed by atoms with van der Waals surface area (Å²) >= 11 is 8.01. The Morgan fingerprint density at radius 1 is 1.26 bits per heavy atom. The highest BCUT2D eigenvalue weighted by Crippen LogP contribution is 2.38. The molecule has 12 heteroatoms. The van der Waals surface area contributed by atoms with Crippen molar-refractivity contribution >= 4 is 62.5 Å². The van der Waals surface area contributed by atoms with Crippen molar-refractivity contribution in [2.75, 3.05) is 5.32 Å². The Balaban J connectivity index is 1.88. The zero-order valence-corrected chi connectivity index (χ0v) is 18.7. The second-order valence-corrected chi connectivity index (χ2v) is 9.29. The minimum absolute atomic E-state index is 0.0291. The van der Waals surface area contributed by atoms with Crippen LogP contribution in [0.5, 0.6) is 0 Å². The molecule has 0 spiro atoms. The van der Waals surface area contributed by atoms with Crippen LogP contribution in [0.15, 0.2) is 23.2 Å². The van der Waals surface area contributed by atoms with Crippen molar-refractivity contribution < 1.29 is 27.9 Å². The Kier molecular flexibility index (Phi) is 6.49. The first-order chi connectivity index (χ1) is 14.4. The summed E-state index contributed by atoms with van der Waals surface area (Å²) in [5, 5.41) is 11.9. The van der Waals surface area contributed by atoms with Crippen molar-refractivity contribution in [2.24, 2.45) is 0 Å². The highest BCUT2D eigenvalue weighted by molar-refractivity contribution is 8.00. The summed E-state index contributed by atoms with van der Waals surface area (Å²) in [6, 6.07) is 2.67. The van der Waals surface area contributed by atoms with E-state index in [1.54, 1.807) is 20.8 Å². The summed E-state index contributed by atoms with van der Waals surface area (Å²) in [7, 11) is 0. The fourth-order valence-corrected chi connectivity index (χ4v) is 5.09. The number of alkyl halides is 3. The molecule has 0 saturated heterocycles.